The maximum atomic E-state index is 12.0. The molecule has 93 valence electrons. The second-order valence-electron chi connectivity index (χ2n) is 5.00. The average Bonchev–Trinajstić information content (AvgIpc) is 2.14. The molecule has 0 fully saturated rings. The molecule has 0 bridgehead atoms. The summed E-state index contributed by atoms with van der Waals surface area (Å²) < 4.78 is 26.6. The van der Waals surface area contributed by atoms with Crippen LogP contribution in [0.3, 0.4) is 0 Å². The number of aryl methyl sites for hydroxylation is 1. The fourth-order valence-electron chi connectivity index (χ4n) is 1.39. The van der Waals surface area contributed by atoms with Crippen LogP contribution in [0, 0.1) is 6.92 Å². The Morgan fingerprint density at radius 1 is 1.29 bits per heavy atom. The van der Waals surface area contributed by atoms with E-state index in [-0.39, 0.29) is 4.90 Å². The summed E-state index contributed by atoms with van der Waals surface area (Å²) in [5.41, 5.74) is 0.788. The first kappa shape index (κ1) is 14.2. The molecule has 1 aromatic rings. The summed E-state index contributed by atoms with van der Waals surface area (Å²) in [5, 5.41) is 9.00. The van der Waals surface area contributed by atoms with E-state index in [1.54, 1.807) is 33.8 Å². The van der Waals surface area contributed by atoms with Gasteiger partial charge in [0.1, 0.15) is 0 Å². The lowest BCUT2D eigenvalue weighted by atomic mass is 9.85. The van der Waals surface area contributed by atoms with Crippen LogP contribution < -0.4 is 10.2 Å². The van der Waals surface area contributed by atoms with Crippen molar-refractivity contribution in [3.63, 3.8) is 0 Å². The maximum Gasteiger partial charge on any atom is 0.327 e. The van der Waals surface area contributed by atoms with Gasteiger partial charge in [-0.05, 0) is 45.3 Å². The first-order valence-corrected chi connectivity index (χ1v) is 6.76. The monoisotopic (exact) mass is 254 g/mol. The average molecular weight is 254 g/mol. The fourth-order valence-corrected chi connectivity index (χ4v) is 2.84. The zero-order valence-corrected chi connectivity index (χ0v) is 11.3. The van der Waals surface area contributed by atoms with Gasteiger partial charge in [-0.3, -0.25) is 0 Å². The molecule has 0 atom stereocenters. The van der Waals surface area contributed by atoms with Crippen LogP contribution in [0.5, 0.6) is 0 Å². The van der Waals surface area contributed by atoms with Crippen LogP contribution in [0.4, 0.5) is 0 Å². The second-order valence-corrected chi connectivity index (χ2v) is 6.69. The zero-order chi connectivity index (χ0) is 13.3. The molecule has 1 radical (unpaired) electrons. The van der Waals surface area contributed by atoms with Crippen molar-refractivity contribution in [1.82, 2.24) is 4.72 Å². The molecule has 0 aromatic heterocycles. The molecule has 0 aliphatic heterocycles. The molecular weight excluding hydrogens is 237 g/mol. The van der Waals surface area contributed by atoms with E-state index in [0.29, 0.717) is 5.46 Å². The molecule has 1 aromatic carbocycles. The zero-order valence-electron chi connectivity index (χ0n) is 10.5. The third-order valence-electron chi connectivity index (χ3n) is 2.14. The predicted molar refractivity (Wildman–Crippen MR) is 68.9 cm³/mol. The standard InChI is InChI=1S/C11H17BNO3S/c1-8-5-6-9(7-10(8)12-14)17(15,16)13-11(2,3)4/h5-7,13-14H,1-4H3. The van der Waals surface area contributed by atoms with E-state index >= 15 is 0 Å². The third kappa shape index (κ3) is 3.83. The molecule has 6 heteroatoms. The van der Waals surface area contributed by atoms with Crippen molar-refractivity contribution in [1.29, 1.82) is 0 Å². The van der Waals surface area contributed by atoms with E-state index in [1.807, 2.05) is 0 Å². The highest BCUT2D eigenvalue weighted by Crippen LogP contribution is 2.12. The number of hydrogen-bond donors (Lipinski definition) is 2. The van der Waals surface area contributed by atoms with E-state index in [9.17, 15) is 8.42 Å². The molecule has 17 heavy (non-hydrogen) atoms. The molecule has 0 aliphatic carbocycles. The lowest BCUT2D eigenvalue weighted by Gasteiger charge is -2.20. The first-order valence-electron chi connectivity index (χ1n) is 5.28. The van der Waals surface area contributed by atoms with Gasteiger partial charge < -0.3 is 5.02 Å². The van der Waals surface area contributed by atoms with Gasteiger partial charge >= 0.3 is 7.48 Å². The smallest absolute Gasteiger partial charge is 0.327 e. The Hall–Kier alpha value is -0.845. The molecular formula is C11H17BNO3S. The van der Waals surface area contributed by atoms with Crippen molar-refractivity contribution < 1.29 is 13.4 Å². The van der Waals surface area contributed by atoms with Crippen LogP contribution in [0.15, 0.2) is 23.1 Å². The van der Waals surface area contributed by atoms with Crippen molar-refractivity contribution in [2.24, 2.45) is 0 Å². The van der Waals surface area contributed by atoms with Crippen molar-refractivity contribution in [2.75, 3.05) is 0 Å². The summed E-state index contributed by atoms with van der Waals surface area (Å²) in [6.45, 7) is 7.13. The SMILES string of the molecule is Cc1ccc(S(=O)(=O)NC(C)(C)C)cc1[B]O. The van der Waals surface area contributed by atoms with Gasteiger partial charge in [0, 0.05) is 5.54 Å². The Morgan fingerprint density at radius 2 is 1.88 bits per heavy atom. The van der Waals surface area contributed by atoms with Gasteiger partial charge in [0.15, 0.2) is 0 Å². The molecule has 0 heterocycles. The lowest BCUT2D eigenvalue weighted by Crippen LogP contribution is -2.40. The predicted octanol–water partition coefficient (Wildman–Crippen LogP) is 0.309. The largest absolute Gasteiger partial charge is 0.450 e. The van der Waals surface area contributed by atoms with E-state index in [1.165, 1.54) is 12.1 Å². The highest BCUT2D eigenvalue weighted by Gasteiger charge is 2.22. The minimum absolute atomic E-state index is 0.151. The van der Waals surface area contributed by atoms with Gasteiger partial charge in [0.25, 0.3) is 0 Å². The highest BCUT2D eigenvalue weighted by atomic mass is 32.2. The first-order chi connectivity index (χ1) is 7.65. The fraction of sp³-hybridized carbons (Fsp3) is 0.455. The Labute approximate surface area is 103 Å². The van der Waals surface area contributed by atoms with Gasteiger partial charge in [0.2, 0.25) is 10.0 Å². The van der Waals surface area contributed by atoms with Crippen LogP contribution in [-0.4, -0.2) is 26.5 Å². The number of sulfonamides is 1. The molecule has 4 nitrogen and oxygen atoms in total. The molecule has 0 amide bonds. The van der Waals surface area contributed by atoms with E-state index in [4.69, 9.17) is 5.02 Å². The molecule has 0 saturated heterocycles. The summed E-state index contributed by atoms with van der Waals surface area (Å²) in [7, 11) is -2.64. The van der Waals surface area contributed by atoms with Crippen LogP contribution in [0.2, 0.25) is 0 Å². The van der Waals surface area contributed by atoms with E-state index in [0.717, 1.165) is 13.0 Å². The highest BCUT2D eigenvalue weighted by molar-refractivity contribution is 7.89. The second kappa shape index (κ2) is 4.80. The van der Waals surface area contributed by atoms with Gasteiger partial charge in [-0.1, -0.05) is 11.6 Å². The molecule has 1 rings (SSSR count). The normalized spacial score (nSPS) is 12.5. The molecule has 2 N–H and O–H groups in total. The van der Waals surface area contributed by atoms with Crippen LogP contribution in [0.25, 0.3) is 0 Å². The number of nitrogens with one attached hydrogen (secondary N) is 1. The van der Waals surface area contributed by atoms with Crippen molar-refractivity contribution in [3.8, 4) is 0 Å². The molecule has 0 aliphatic rings. The van der Waals surface area contributed by atoms with Crippen LogP contribution in [0.1, 0.15) is 26.3 Å². The Kier molecular flexibility index (Phi) is 4.01. The summed E-state index contributed by atoms with van der Waals surface area (Å²) in [5.74, 6) is 0. The van der Waals surface area contributed by atoms with Crippen molar-refractivity contribution in [2.45, 2.75) is 38.1 Å². The van der Waals surface area contributed by atoms with Crippen LogP contribution in [-0.2, 0) is 10.0 Å². The summed E-state index contributed by atoms with van der Waals surface area (Å²) in [6, 6.07) is 4.64. The van der Waals surface area contributed by atoms with E-state index < -0.39 is 15.6 Å². The number of benzene rings is 1. The Bertz CT molecular complexity index is 506. The quantitative estimate of drug-likeness (QED) is 0.763. The van der Waals surface area contributed by atoms with Gasteiger partial charge in [0.05, 0.1) is 4.90 Å². The molecule has 0 unspecified atom stereocenters. The summed E-state index contributed by atoms with van der Waals surface area (Å²) in [6.07, 6.45) is 0. The maximum absolute atomic E-state index is 12.0. The van der Waals surface area contributed by atoms with Gasteiger partial charge in [-0.25, -0.2) is 13.1 Å². The summed E-state index contributed by atoms with van der Waals surface area (Å²) >= 11 is 0. The Morgan fingerprint density at radius 3 is 2.35 bits per heavy atom. The van der Waals surface area contributed by atoms with Crippen LogP contribution >= 0.6 is 0 Å². The van der Waals surface area contributed by atoms with Crippen molar-refractivity contribution >= 4 is 23.0 Å². The van der Waals surface area contributed by atoms with Gasteiger partial charge in [-0.2, -0.15) is 0 Å². The minimum atomic E-state index is -3.55. The minimum Gasteiger partial charge on any atom is -0.450 e. The van der Waals surface area contributed by atoms with Gasteiger partial charge in [-0.15, -0.1) is 0 Å². The van der Waals surface area contributed by atoms with E-state index in [2.05, 4.69) is 4.72 Å². The Balaban J connectivity index is 3.16. The molecule has 0 spiro atoms. The number of hydrogen-bond acceptors (Lipinski definition) is 3. The third-order valence-corrected chi connectivity index (χ3v) is 3.90. The number of rotatable bonds is 3. The molecule has 0 saturated carbocycles. The van der Waals surface area contributed by atoms with Crippen molar-refractivity contribution in [3.05, 3.63) is 23.8 Å². The lowest BCUT2D eigenvalue weighted by molar-refractivity contribution is 0.491. The topological polar surface area (TPSA) is 66.4 Å². The summed E-state index contributed by atoms with van der Waals surface area (Å²) in [4.78, 5) is 0.151.